The van der Waals surface area contributed by atoms with Gasteiger partial charge in [-0.2, -0.15) is 4.98 Å². The molecule has 0 bridgehead atoms. The maximum Gasteiger partial charge on any atom is 0.228 e. The van der Waals surface area contributed by atoms with Gasteiger partial charge in [-0.3, -0.25) is 0 Å². The van der Waals surface area contributed by atoms with E-state index in [0.29, 0.717) is 16.7 Å². The van der Waals surface area contributed by atoms with Gasteiger partial charge in [-0.1, -0.05) is 12.1 Å². The van der Waals surface area contributed by atoms with Gasteiger partial charge in [0, 0.05) is 25.6 Å². The van der Waals surface area contributed by atoms with Crippen LogP contribution >= 0.6 is 0 Å². The molecular weight excluding hydrogens is 302 g/mol. The number of aromatic nitrogens is 2. The largest absolute Gasteiger partial charge is 0.481 e. The van der Waals surface area contributed by atoms with Crippen LogP contribution in [0.15, 0.2) is 41.4 Å². The van der Waals surface area contributed by atoms with Crippen molar-refractivity contribution in [1.82, 2.24) is 9.97 Å². The number of sulfone groups is 1. The van der Waals surface area contributed by atoms with Crippen molar-refractivity contribution in [2.24, 2.45) is 0 Å². The highest BCUT2D eigenvalue weighted by atomic mass is 32.2. The Labute approximate surface area is 130 Å². The standard InChI is InChI=1S/C15H19N3O3S/c1-11(12-5-7-13(8-6-12)22(4,19)20)18(2)15-16-10-9-14(17-15)21-3/h5-11H,1-4H3/t11-/m0/s1. The maximum atomic E-state index is 11.5. The van der Waals surface area contributed by atoms with E-state index in [1.54, 1.807) is 43.6 Å². The number of benzene rings is 1. The smallest absolute Gasteiger partial charge is 0.228 e. The third-order valence-corrected chi connectivity index (χ3v) is 4.64. The molecule has 1 atom stereocenters. The van der Waals surface area contributed by atoms with E-state index in [1.165, 1.54) is 6.26 Å². The van der Waals surface area contributed by atoms with Crippen molar-refractivity contribution in [3.8, 4) is 5.88 Å². The molecule has 0 N–H and O–H groups in total. The summed E-state index contributed by atoms with van der Waals surface area (Å²) in [5, 5.41) is 0. The van der Waals surface area contributed by atoms with Gasteiger partial charge in [0.15, 0.2) is 9.84 Å². The van der Waals surface area contributed by atoms with Crippen LogP contribution in [0.1, 0.15) is 18.5 Å². The number of anilines is 1. The molecule has 0 aliphatic carbocycles. The molecule has 1 aromatic carbocycles. The van der Waals surface area contributed by atoms with E-state index >= 15 is 0 Å². The van der Waals surface area contributed by atoms with Gasteiger partial charge in [-0.05, 0) is 24.6 Å². The van der Waals surface area contributed by atoms with Crippen LogP contribution in [0, 0.1) is 0 Å². The number of methoxy groups -OCH3 is 1. The minimum absolute atomic E-state index is 0.0132. The highest BCUT2D eigenvalue weighted by Gasteiger charge is 2.16. The molecule has 0 fully saturated rings. The highest BCUT2D eigenvalue weighted by molar-refractivity contribution is 7.90. The molecule has 1 aromatic heterocycles. The number of hydrogen-bond acceptors (Lipinski definition) is 6. The molecule has 22 heavy (non-hydrogen) atoms. The summed E-state index contributed by atoms with van der Waals surface area (Å²) >= 11 is 0. The van der Waals surface area contributed by atoms with Crippen molar-refractivity contribution in [2.45, 2.75) is 17.9 Å². The first-order chi connectivity index (χ1) is 10.3. The molecule has 118 valence electrons. The van der Waals surface area contributed by atoms with Crippen LogP contribution in [0.3, 0.4) is 0 Å². The monoisotopic (exact) mass is 321 g/mol. The second-order valence-electron chi connectivity index (χ2n) is 5.03. The lowest BCUT2D eigenvalue weighted by Gasteiger charge is -2.25. The fourth-order valence-corrected chi connectivity index (χ4v) is 2.64. The van der Waals surface area contributed by atoms with Crippen molar-refractivity contribution in [2.75, 3.05) is 25.3 Å². The number of rotatable bonds is 5. The Morgan fingerprint density at radius 1 is 1.18 bits per heavy atom. The molecule has 0 aliphatic heterocycles. The molecule has 1 heterocycles. The summed E-state index contributed by atoms with van der Waals surface area (Å²) in [5.74, 6) is 1.04. The van der Waals surface area contributed by atoms with E-state index in [4.69, 9.17) is 4.74 Å². The third kappa shape index (κ3) is 3.54. The van der Waals surface area contributed by atoms with Crippen molar-refractivity contribution in [1.29, 1.82) is 0 Å². The molecule has 0 spiro atoms. The Balaban J connectivity index is 2.24. The van der Waals surface area contributed by atoms with E-state index < -0.39 is 9.84 Å². The second-order valence-corrected chi connectivity index (χ2v) is 7.04. The van der Waals surface area contributed by atoms with E-state index in [1.807, 2.05) is 18.9 Å². The molecule has 0 saturated heterocycles. The van der Waals surface area contributed by atoms with Crippen LogP contribution in [0.5, 0.6) is 5.88 Å². The van der Waals surface area contributed by atoms with Crippen molar-refractivity contribution < 1.29 is 13.2 Å². The maximum absolute atomic E-state index is 11.5. The summed E-state index contributed by atoms with van der Waals surface area (Å²) in [7, 11) is 0.252. The molecule has 7 heteroatoms. The van der Waals surface area contributed by atoms with Gasteiger partial charge in [-0.15, -0.1) is 0 Å². The molecule has 0 radical (unpaired) electrons. The highest BCUT2D eigenvalue weighted by Crippen LogP contribution is 2.24. The molecule has 2 rings (SSSR count). The fraction of sp³-hybridized carbons (Fsp3) is 0.333. The lowest BCUT2D eigenvalue weighted by Crippen LogP contribution is -2.23. The predicted octanol–water partition coefficient (Wildman–Crippen LogP) is 2.09. The van der Waals surface area contributed by atoms with Gasteiger partial charge in [-0.25, -0.2) is 13.4 Å². The Hall–Kier alpha value is -2.15. The fourth-order valence-electron chi connectivity index (χ4n) is 2.01. The molecule has 0 unspecified atom stereocenters. The van der Waals surface area contributed by atoms with Gasteiger partial charge in [0.1, 0.15) is 0 Å². The Kier molecular flexibility index (Phi) is 4.65. The van der Waals surface area contributed by atoms with Crippen LogP contribution in [-0.2, 0) is 9.84 Å². The van der Waals surface area contributed by atoms with Crippen molar-refractivity contribution >= 4 is 15.8 Å². The van der Waals surface area contributed by atoms with Crippen LogP contribution in [0.2, 0.25) is 0 Å². The SMILES string of the molecule is COc1ccnc(N(C)[C@@H](C)c2ccc(S(C)(=O)=O)cc2)n1. The summed E-state index contributed by atoms with van der Waals surface area (Å²) < 4.78 is 28.1. The van der Waals surface area contributed by atoms with E-state index in [0.717, 1.165) is 5.56 Å². The number of ether oxygens (including phenoxy) is 1. The van der Waals surface area contributed by atoms with Gasteiger partial charge in [0.05, 0.1) is 18.0 Å². The predicted molar refractivity (Wildman–Crippen MR) is 85.0 cm³/mol. The second kappa shape index (κ2) is 6.31. The summed E-state index contributed by atoms with van der Waals surface area (Å²) in [6, 6.07) is 8.50. The minimum atomic E-state index is -3.18. The summed E-state index contributed by atoms with van der Waals surface area (Å²) in [6.45, 7) is 2.00. The van der Waals surface area contributed by atoms with Crippen LogP contribution in [0.4, 0.5) is 5.95 Å². The van der Waals surface area contributed by atoms with Crippen molar-refractivity contribution in [3.05, 3.63) is 42.1 Å². The first kappa shape index (κ1) is 16.2. The Morgan fingerprint density at radius 2 is 1.82 bits per heavy atom. The van der Waals surface area contributed by atoms with Crippen LogP contribution in [-0.4, -0.2) is 38.8 Å². The minimum Gasteiger partial charge on any atom is -0.481 e. The first-order valence-electron chi connectivity index (χ1n) is 6.73. The Bertz CT molecular complexity index is 745. The quantitative estimate of drug-likeness (QED) is 0.839. The lowest BCUT2D eigenvalue weighted by molar-refractivity contribution is 0.396. The normalized spacial score (nSPS) is 12.7. The summed E-state index contributed by atoms with van der Waals surface area (Å²) in [4.78, 5) is 10.7. The van der Waals surface area contributed by atoms with Gasteiger partial charge >= 0.3 is 0 Å². The van der Waals surface area contributed by atoms with Crippen molar-refractivity contribution in [3.63, 3.8) is 0 Å². The molecule has 0 aliphatic rings. The number of nitrogens with zero attached hydrogens (tertiary/aromatic N) is 3. The molecule has 0 saturated carbocycles. The van der Waals surface area contributed by atoms with Crippen LogP contribution in [0.25, 0.3) is 0 Å². The first-order valence-corrected chi connectivity index (χ1v) is 8.62. The van der Waals surface area contributed by atoms with Gasteiger partial charge in [0.2, 0.25) is 11.8 Å². The van der Waals surface area contributed by atoms with E-state index in [9.17, 15) is 8.42 Å². The summed E-state index contributed by atoms with van der Waals surface area (Å²) in [5.41, 5.74) is 0.973. The average molecular weight is 321 g/mol. The number of hydrogen-bond donors (Lipinski definition) is 0. The zero-order chi connectivity index (χ0) is 16.3. The summed E-state index contributed by atoms with van der Waals surface area (Å²) in [6.07, 6.45) is 2.83. The zero-order valence-corrected chi connectivity index (χ0v) is 13.8. The van der Waals surface area contributed by atoms with Gasteiger partial charge in [0.25, 0.3) is 0 Å². The molecule has 6 nitrogen and oxygen atoms in total. The molecular formula is C15H19N3O3S. The zero-order valence-electron chi connectivity index (χ0n) is 13.0. The molecule has 0 amide bonds. The van der Waals surface area contributed by atoms with E-state index in [-0.39, 0.29) is 6.04 Å². The molecule has 2 aromatic rings. The average Bonchev–Trinajstić information content (AvgIpc) is 2.53. The van der Waals surface area contributed by atoms with Crippen LogP contribution < -0.4 is 9.64 Å². The third-order valence-electron chi connectivity index (χ3n) is 3.51. The van der Waals surface area contributed by atoms with E-state index in [2.05, 4.69) is 9.97 Å². The topological polar surface area (TPSA) is 72.4 Å². The van der Waals surface area contributed by atoms with Gasteiger partial charge < -0.3 is 9.64 Å². The Morgan fingerprint density at radius 3 is 2.36 bits per heavy atom. The lowest BCUT2D eigenvalue weighted by atomic mass is 10.1.